The molecule has 108 valence electrons. The fourth-order valence-corrected chi connectivity index (χ4v) is 2.54. The number of anilines is 1. The van der Waals surface area contributed by atoms with Crippen LogP contribution in [0.1, 0.15) is 24.0 Å². The first-order valence-electron chi connectivity index (χ1n) is 7.17. The summed E-state index contributed by atoms with van der Waals surface area (Å²) in [5, 5.41) is 2.99. The van der Waals surface area contributed by atoms with E-state index in [2.05, 4.69) is 45.0 Å². The molecule has 0 saturated heterocycles. The highest BCUT2D eigenvalue weighted by molar-refractivity contribution is 5.76. The molecule has 0 unspecified atom stereocenters. The van der Waals surface area contributed by atoms with Crippen LogP contribution in [0.4, 0.5) is 5.95 Å². The van der Waals surface area contributed by atoms with E-state index < -0.39 is 0 Å². The molecule has 0 fully saturated rings. The van der Waals surface area contributed by atoms with Gasteiger partial charge in [0.25, 0.3) is 0 Å². The fraction of sp³-hybridized carbons (Fsp3) is 0.312. The maximum atomic E-state index is 4.76. The Kier molecular flexibility index (Phi) is 3.56. The zero-order valence-corrected chi connectivity index (χ0v) is 12.6. The van der Waals surface area contributed by atoms with Crippen molar-refractivity contribution >= 4 is 17.0 Å². The molecule has 1 N–H and O–H groups in total. The third-order valence-electron chi connectivity index (χ3n) is 3.68. The van der Waals surface area contributed by atoms with Crippen molar-refractivity contribution in [3.8, 4) is 0 Å². The molecule has 2 heterocycles. The molecule has 0 bridgehead atoms. The van der Waals surface area contributed by atoms with Crippen molar-refractivity contribution in [1.29, 1.82) is 0 Å². The number of benzene rings is 1. The number of rotatable bonds is 4. The average molecular weight is 281 g/mol. The summed E-state index contributed by atoms with van der Waals surface area (Å²) in [6.45, 7) is 5.08. The molecule has 0 aliphatic rings. The predicted molar refractivity (Wildman–Crippen MR) is 84.5 cm³/mol. The van der Waals surface area contributed by atoms with Crippen molar-refractivity contribution in [3.63, 3.8) is 0 Å². The Morgan fingerprint density at radius 1 is 1.19 bits per heavy atom. The Hall–Kier alpha value is -2.43. The summed E-state index contributed by atoms with van der Waals surface area (Å²) in [5.41, 5.74) is 4.31. The summed E-state index contributed by atoms with van der Waals surface area (Å²) in [6, 6.07) is 8.24. The minimum absolute atomic E-state index is 0.648. The van der Waals surface area contributed by atoms with Crippen molar-refractivity contribution in [2.45, 2.75) is 26.8 Å². The van der Waals surface area contributed by atoms with Gasteiger partial charge in [0.1, 0.15) is 5.82 Å². The molecule has 0 spiro atoms. The molecule has 2 aromatic heterocycles. The van der Waals surface area contributed by atoms with E-state index in [0.717, 1.165) is 29.1 Å². The fourth-order valence-electron chi connectivity index (χ4n) is 2.54. The van der Waals surface area contributed by atoms with Crippen LogP contribution in [0.2, 0.25) is 0 Å². The Morgan fingerprint density at radius 2 is 2.00 bits per heavy atom. The standard InChI is InChI=1S/C16H19N5/c1-4-21-14-8-6-5-7-12(14)19-15(21)9-13-11(2)10-18-16(17-3)20-13/h5-8,10H,4,9H2,1-3H3,(H,17,18,20). The van der Waals surface area contributed by atoms with Crippen molar-refractivity contribution < 1.29 is 0 Å². The van der Waals surface area contributed by atoms with Crippen molar-refractivity contribution in [1.82, 2.24) is 19.5 Å². The predicted octanol–water partition coefficient (Wildman–Crippen LogP) is 2.79. The van der Waals surface area contributed by atoms with Crippen molar-refractivity contribution in [3.05, 3.63) is 47.5 Å². The lowest BCUT2D eigenvalue weighted by atomic mass is 10.2. The van der Waals surface area contributed by atoms with Gasteiger partial charge >= 0.3 is 0 Å². The molecule has 0 atom stereocenters. The molecule has 5 heteroatoms. The second-order valence-corrected chi connectivity index (χ2v) is 5.01. The normalized spacial score (nSPS) is 11.0. The molecule has 0 saturated carbocycles. The number of nitrogens with zero attached hydrogens (tertiary/aromatic N) is 4. The third-order valence-corrected chi connectivity index (χ3v) is 3.68. The summed E-state index contributed by atoms with van der Waals surface area (Å²) in [5.74, 6) is 1.69. The highest BCUT2D eigenvalue weighted by atomic mass is 15.1. The second kappa shape index (κ2) is 5.52. The first-order chi connectivity index (χ1) is 10.2. The van der Waals surface area contributed by atoms with E-state index in [1.807, 2.05) is 26.2 Å². The lowest BCUT2D eigenvalue weighted by molar-refractivity contribution is 0.727. The topological polar surface area (TPSA) is 55.6 Å². The molecule has 5 nitrogen and oxygen atoms in total. The smallest absolute Gasteiger partial charge is 0.222 e. The summed E-state index contributed by atoms with van der Waals surface area (Å²) in [7, 11) is 1.83. The molecule has 0 amide bonds. The molecule has 1 aromatic carbocycles. The van der Waals surface area contributed by atoms with Crippen molar-refractivity contribution in [2.75, 3.05) is 12.4 Å². The molecule has 0 radical (unpaired) electrons. The first-order valence-corrected chi connectivity index (χ1v) is 7.17. The Balaban J connectivity index is 2.05. The number of imidazole rings is 1. The number of hydrogen-bond acceptors (Lipinski definition) is 4. The van der Waals surface area contributed by atoms with Crippen LogP contribution in [-0.2, 0) is 13.0 Å². The lowest BCUT2D eigenvalue weighted by Gasteiger charge is -2.08. The minimum atomic E-state index is 0.648. The van der Waals surface area contributed by atoms with E-state index in [1.54, 1.807) is 0 Å². The zero-order chi connectivity index (χ0) is 14.8. The van der Waals surface area contributed by atoms with E-state index >= 15 is 0 Å². The van der Waals surface area contributed by atoms with Crippen LogP contribution >= 0.6 is 0 Å². The minimum Gasteiger partial charge on any atom is -0.357 e. The third kappa shape index (κ3) is 2.46. The van der Waals surface area contributed by atoms with Gasteiger partial charge in [0.2, 0.25) is 5.95 Å². The van der Waals surface area contributed by atoms with Gasteiger partial charge in [-0.05, 0) is 31.5 Å². The summed E-state index contributed by atoms with van der Waals surface area (Å²) in [6.07, 6.45) is 2.57. The molecule has 3 rings (SSSR count). The van der Waals surface area contributed by atoms with E-state index in [1.165, 1.54) is 5.52 Å². The first kappa shape index (κ1) is 13.5. The summed E-state index contributed by atoms with van der Waals surface area (Å²) < 4.78 is 2.25. The van der Waals surface area contributed by atoms with Gasteiger partial charge in [-0.15, -0.1) is 0 Å². The van der Waals surface area contributed by atoms with Crippen molar-refractivity contribution in [2.24, 2.45) is 0 Å². The molecule has 3 aromatic rings. The quantitative estimate of drug-likeness (QED) is 0.799. The Labute approximate surface area is 124 Å². The van der Waals surface area contributed by atoms with Crippen LogP contribution in [0.25, 0.3) is 11.0 Å². The number of nitrogens with one attached hydrogen (secondary N) is 1. The molecule has 0 aliphatic carbocycles. The monoisotopic (exact) mass is 281 g/mol. The van der Waals surface area contributed by atoms with Gasteiger partial charge in [-0.3, -0.25) is 0 Å². The van der Waals surface area contributed by atoms with Gasteiger partial charge < -0.3 is 9.88 Å². The van der Waals surface area contributed by atoms with Crippen LogP contribution in [0.5, 0.6) is 0 Å². The van der Waals surface area contributed by atoms with E-state index in [4.69, 9.17) is 4.98 Å². The highest BCUT2D eigenvalue weighted by Crippen LogP contribution is 2.19. The van der Waals surface area contributed by atoms with Gasteiger partial charge in [-0.1, -0.05) is 12.1 Å². The Bertz CT molecular complexity index is 775. The van der Waals surface area contributed by atoms with Gasteiger partial charge in [-0.2, -0.15) is 0 Å². The number of fused-ring (bicyclic) bond motifs is 1. The average Bonchev–Trinajstić information content (AvgIpc) is 2.86. The van der Waals surface area contributed by atoms with Crippen LogP contribution < -0.4 is 5.32 Å². The number of aromatic nitrogens is 4. The van der Waals surface area contributed by atoms with Crippen LogP contribution in [0, 0.1) is 6.92 Å². The lowest BCUT2D eigenvalue weighted by Crippen LogP contribution is -2.07. The zero-order valence-electron chi connectivity index (χ0n) is 12.6. The molecular formula is C16H19N5. The van der Waals surface area contributed by atoms with Gasteiger partial charge in [-0.25, -0.2) is 15.0 Å². The molecular weight excluding hydrogens is 262 g/mol. The van der Waals surface area contributed by atoms with Gasteiger partial charge in [0.15, 0.2) is 0 Å². The molecule has 0 aliphatic heterocycles. The van der Waals surface area contributed by atoms with Crippen LogP contribution in [0.3, 0.4) is 0 Å². The maximum absolute atomic E-state index is 4.76. The van der Waals surface area contributed by atoms with Crippen LogP contribution in [0.15, 0.2) is 30.5 Å². The SMILES string of the molecule is CCn1c(Cc2nc(NC)ncc2C)nc2ccccc21. The van der Waals surface area contributed by atoms with Gasteiger partial charge in [0.05, 0.1) is 16.7 Å². The van der Waals surface area contributed by atoms with Gasteiger partial charge in [0, 0.05) is 26.2 Å². The van der Waals surface area contributed by atoms with E-state index in [-0.39, 0.29) is 0 Å². The Morgan fingerprint density at radius 3 is 2.76 bits per heavy atom. The number of aryl methyl sites for hydroxylation is 2. The summed E-state index contributed by atoms with van der Waals surface area (Å²) >= 11 is 0. The van der Waals surface area contributed by atoms with Crippen LogP contribution in [-0.4, -0.2) is 26.6 Å². The van der Waals surface area contributed by atoms with E-state index in [9.17, 15) is 0 Å². The maximum Gasteiger partial charge on any atom is 0.222 e. The van der Waals surface area contributed by atoms with E-state index in [0.29, 0.717) is 12.4 Å². The molecule has 21 heavy (non-hydrogen) atoms. The second-order valence-electron chi connectivity index (χ2n) is 5.01. The number of hydrogen-bond donors (Lipinski definition) is 1. The highest BCUT2D eigenvalue weighted by Gasteiger charge is 2.12. The number of para-hydroxylation sites is 2. The summed E-state index contributed by atoms with van der Waals surface area (Å²) in [4.78, 5) is 13.5. The largest absolute Gasteiger partial charge is 0.357 e.